The fraction of sp³-hybridized carbons (Fsp3) is 0.0588. The molecule has 3 aromatic rings. The lowest BCUT2D eigenvalue weighted by molar-refractivity contribution is 0.601. The first kappa shape index (κ1) is 15.2. The Kier molecular flexibility index (Phi) is 4.08. The van der Waals surface area contributed by atoms with Crippen LogP contribution in [0.4, 0.5) is 5.69 Å². The van der Waals surface area contributed by atoms with E-state index >= 15 is 0 Å². The second kappa shape index (κ2) is 6.18. The number of aryl methyl sites for hydroxylation is 1. The number of hydrogen-bond acceptors (Lipinski definition) is 4. The van der Waals surface area contributed by atoms with Gasteiger partial charge in [0.1, 0.15) is 0 Å². The highest BCUT2D eigenvalue weighted by molar-refractivity contribution is 7.92. The van der Waals surface area contributed by atoms with Crippen molar-refractivity contribution in [2.24, 2.45) is 0 Å². The van der Waals surface area contributed by atoms with Crippen LogP contribution in [-0.4, -0.2) is 18.4 Å². The van der Waals surface area contributed by atoms with Gasteiger partial charge in [-0.25, -0.2) is 18.4 Å². The molecule has 0 saturated carbocycles. The molecule has 0 amide bonds. The molecule has 116 valence electrons. The summed E-state index contributed by atoms with van der Waals surface area (Å²) >= 11 is 0. The lowest BCUT2D eigenvalue weighted by Crippen LogP contribution is -2.12. The van der Waals surface area contributed by atoms with E-state index in [1.807, 2.05) is 6.92 Å². The Hall–Kier alpha value is -2.73. The zero-order valence-corrected chi connectivity index (χ0v) is 13.3. The highest BCUT2D eigenvalue weighted by atomic mass is 32.2. The van der Waals surface area contributed by atoms with E-state index in [1.165, 1.54) is 0 Å². The molecule has 1 heterocycles. The zero-order valence-electron chi connectivity index (χ0n) is 12.5. The molecule has 0 spiro atoms. The van der Waals surface area contributed by atoms with Crippen LogP contribution in [0.5, 0.6) is 0 Å². The van der Waals surface area contributed by atoms with Crippen LogP contribution >= 0.6 is 0 Å². The van der Waals surface area contributed by atoms with Gasteiger partial charge in [0.2, 0.25) is 0 Å². The van der Waals surface area contributed by atoms with Gasteiger partial charge in [-0.3, -0.25) is 4.72 Å². The van der Waals surface area contributed by atoms with Gasteiger partial charge < -0.3 is 0 Å². The Morgan fingerprint density at radius 2 is 1.48 bits per heavy atom. The van der Waals surface area contributed by atoms with Crippen molar-refractivity contribution in [2.45, 2.75) is 11.8 Å². The van der Waals surface area contributed by atoms with Crippen molar-refractivity contribution in [1.29, 1.82) is 0 Å². The average molecular weight is 325 g/mol. The highest BCUT2D eigenvalue weighted by Crippen LogP contribution is 2.20. The summed E-state index contributed by atoms with van der Waals surface area (Å²) in [4.78, 5) is 8.55. The quantitative estimate of drug-likeness (QED) is 0.799. The molecule has 0 bridgehead atoms. The van der Waals surface area contributed by atoms with Crippen LogP contribution in [-0.2, 0) is 10.0 Å². The highest BCUT2D eigenvalue weighted by Gasteiger charge is 2.13. The van der Waals surface area contributed by atoms with Crippen LogP contribution in [0, 0.1) is 6.92 Å². The molecule has 0 fully saturated rings. The van der Waals surface area contributed by atoms with E-state index in [0.717, 1.165) is 11.1 Å². The Labute approximate surface area is 135 Å². The first-order valence-corrected chi connectivity index (χ1v) is 8.50. The Morgan fingerprint density at radius 1 is 0.870 bits per heavy atom. The van der Waals surface area contributed by atoms with Crippen molar-refractivity contribution in [1.82, 2.24) is 9.97 Å². The predicted molar refractivity (Wildman–Crippen MR) is 89.5 cm³/mol. The van der Waals surface area contributed by atoms with Gasteiger partial charge >= 0.3 is 0 Å². The number of sulfonamides is 1. The minimum Gasteiger partial charge on any atom is -0.280 e. The van der Waals surface area contributed by atoms with E-state index < -0.39 is 10.0 Å². The van der Waals surface area contributed by atoms with Crippen molar-refractivity contribution in [3.05, 3.63) is 72.6 Å². The standard InChI is InChI=1S/C17H15N3O2S/c1-13-3-9-16(10-4-13)23(21,22)20-15-7-5-14(6-8-15)17-18-11-2-12-19-17/h2-12,20H,1H3. The number of nitrogens with zero attached hydrogens (tertiary/aromatic N) is 2. The fourth-order valence-corrected chi connectivity index (χ4v) is 3.13. The van der Waals surface area contributed by atoms with E-state index in [1.54, 1.807) is 67.0 Å². The minimum atomic E-state index is -3.59. The molecule has 1 N–H and O–H groups in total. The third-order valence-corrected chi connectivity index (χ3v) is 4.69. The lowest BCUT2D eigenvalue weighted by Gasteiger charge is -2.09. The van der Waals surface area contributed by atoms with Crippen LogP contribution in [0.3, 0.4) is 0 Å². The normalized spacial score (nSPS) is 11.2. The van der Waals surface area contributed by atoms with Gasteiger partial charge in [-0.15, -0.1) is 0 Å². The van der Waals surface area contributed by atoms with Crippen molar-refractivity contribution in [2.75, 3.05) is 4.72 Å². The Balaban J connectivity index is 1.82. The third kappa shape index (κ3) is 3.54. The number of nitrogens with one attached hydrogen (secondary N) is 1. The smallest absolute Gasteiger partial charge is 0.261 e. The summed E-state index contributed by atoms with van der Waals surface area (Å²) in [5.41, 5.74) is 2.32. The number of benzene rings is 2. The molecule has 0 saturated heterocycles. The average Bonchev–Trinajstić information content (AvgIpc) is 2.56. The predicted octanol–water partition coefficient (Wildman–Crippen LogP) is 3.25. The summed E-state index contributed by atoms with van der Waals surface area (Å²) in [5.74, 6) is 0.598. The van der Waals surface area contributed by atoms with Crippen molar-refractivity contribution in [3.8, 4) is 11.4 Å². The molecule has 0 atom stereocenters. The fourth-order valence-electron chi connectivity index (χ4n) is 2.07. The molecule has 0 radical (unpaired) electrons. The minimum absolute atomic E-state index is 0.235. The maximum absolute atomic E-state index is 12.3. The maximum Gasteiger partial charge on any atom is 0.261 e. The van der Waals surface area contributed by atoms with Crippen LogP contribution < -0.4 is 4.72 Å². The number of anilines is 1. The molecule has 6 heteroatoms. The summed E-state index contributed by atoms with van der Waals surface area (Å²) in [7, 11) is -3.59. The van der Waals surface area contributed by atoms with Crippen LogP contribution in [0.25, 0.3) is 11.4 Å². The molecule has 0 unspecified atom stereocenters. The van der Waals surface area contributed by atoms with Gasteiger partial charge in [-0.05, 0) is 49.4 Å². The topological polar surface area (TPSA) is 72.0 Å². The molecular weight excluding hydrogens is 310 g/mol. The van der Waals surface area contributed by atoms with E-state index in [-0.39, 0.29) is 4.90 Å². The summed E-state index contributed by atoms with van der Waals surface area (Å²) in [6.45, 7) is 1.91. The molecular formula is C17H15N3O2S. The molecule has 23 heavy (non-hydrogen) atoms. The largest absolute Gasteiger partial charge is 0.280 e. The first-order valence-electron chi connectivity index (χ1n) is 7.01. The number of hydrogen-bond donors (Lipinski definition) is 1. The van der Waals surface area contributed by atoms with Crippen LogP contribution in [0.1, 0.15) is 5.56 Å². The molecule has 0 aliphatic carbocycles. The van der Waals surface area contributed by atoms with Gasteiger partial charge in [0.05, 0.1) is 4.90 Å². The summed E-state index contributed by atoms with van der Waals surface area (Å²) in [6, 6.07) is 15.4. The van der Waals surface area contributed by atoms with Gasteiger partial charge in [-0.1, -0.05) is 17.7 Å². The Morgan fingerprint density at radius 3 is 2.09 bits per heavy atom. The van der Waals surface area contributed by atoms with Crippen LogP contribution in [0.15, 0.2) is 71.9 Å². The van der Waals surface area contributed by atoms with Gasteiger partial charge in [0.15, 0.2) is 5.82 Å². The van der Waals surface area contributed by atoms with E-state index in [4.69, 9.17) is 0 Å². The summed E-state index contributed by atoms with van der Waals surface area (Å²) in [5, 5.41) is 0. The molecule has 5 nitrogen and oxygen atoms in total. The van der Waals surface area contributed by atoms with Crippen molar-refractivity contribution < 1.29 is 8.42 Å². The van der Waals surface area contributed by atoms with Gasteiger partial charge in [0.25, 0.3) is 10.0 Å². The second-order valence-electron chi connectivity index (χ2n) is 5.07. The van der Waals surface area contributed by atoms with Crippen molar-refractivity contribution in [3.63, 3.8) is 0 Å². The first-order chi connectivity index (χ1) is 11.0. The number of rotatable bonds is 4. The maximum atomic E-state index is 12.3. The van der Waals surface area contributed by atoms with Gasteiger partial charge in [-0.2, -0.15) is 0 Å². The van der Waals surface area contributed by atoms with E-state index in [0.29, 0.717) is 11.5 Å². The third-order valence-electron chi connectivity index (χ3n) is 3.29. The zero-order chi connectivity index (χ0) is 16.3. The molecule has 3 rings (SSSR count). The van der Waals surface area contributed by atoms with E-state index in [2.05, 4.69) is 14.7 Å². The molecule has 0 aliphatic rings. The molecule has 0 aliphatic heterocycles. The number of aromatic nitrogens is 2. The van der Waals surface area contributed by atoms with Crippen molar-refractivity contribution >= 4 is 15.7 Å². The second-order valence-corrected chi connectivity index (χ2v) is 6.75. The Bertz CT molecular complexity index is 891. The van der Waals surface area contributed by atoms with E-state index in [9.17, 15) is 8.42 Å². The monoisotopic (exact) mass is 325 g/mol. The summed E-state index contributed by atoms with van der Waals surface area (Å²) in [6.07, 6.45) is 3.33. The molecule has 2 aromatic carbocycles. The SMILES string of the molecule is Cc1ccc(S(=O)(=O)Nc2ccc(-c3ncccn3)cc2)cc1. The van der Waals surface area contributed by atoms with Crippen LogP contribution in [0.2, 0.25) is 0 Å². The lowest BCUT2D eigenvalue weighted by atomic mass is 10.2. The summed E-state index contributed by atoms with van der Waals surface area (Å²) < 4.78 is 27.2. The molecule has 1 aromatic heterocycles. The van der Waals surface area contributed by atoms with Gasteiger partial charge in [0, 0.05) is 23.6 Å².